The van der Waals surface area contributed by atoms with E-state index in [4.69, 9.17) is 10.8 Å². The first-order valence-electron chi connectivity index (χ1n) is 4.53. The summed E-state index contributed by atoms with van der Waals surface area (Å²) in [6, 6.07) is 0. The Morgan fingerprint density at radius 2 is 2.38 bits per heavy atom. The van der Waals surface area contributed by atoms with Gasteiger partial charge in [-0.1, -0.05) is 0 Å². The molecule has 8 heteroatoms. The number of carbonyl (C=O) groups excluding carboxylic acids is 1. The highest BCUT2D eigenvalue weighted by molar-refractivity contribution is 5.97. The van der Waals surface area contributed by atoms with E-state index in [1.54, 1.807) is 0 Å². The van der Waals surface area contributed by atoms with Gasteiger partial charge in [0.2, 0.25) is 0 Å². The van der Waals surface area contributed by atoms with Crippen LogP contribution in [0.1, 0.15) is 10.5 Å². The number of amides is 1. The number of hydrogen-bond acceptors (Lipinski definition) is 4. The molecule has 0 bridgehead atoms. The Bertz CT molecular complexity index is 356. The van der Waals surface area contributed by atoms with E-state index in [0.717, 1.165) is 4.90 Å². The number of carbonyl (C=O) groups is 1. The molecule has 1 amide bonds. The summed E-state index contributed by atoms with van der Waals surface area (Å²) in [6.07, 6.45) is -1.45. The lowest BCUT2D eigenvalue weighted by molar-refractivity contribution is 0.0505. The quantitative estimate of drug-likeness (QED) is 0.651. The maximum absolute atomic E-state index is 12.2. The van der Waals surface area contributed by atoms with Crippen molar-refractivity contribution in [3.8, 4) is 0 Å². The zero-order valence-corrected chi connectivity index (χ0v) is 8.36. The first kappa shape index (κ1) is 12.4. The van der Waals surface area contributed by atoms with E-state index < -0.39 is 25.5 Å². The molecule has 0 atom stereocenters. The molecule has 1 aromatic rings. The number of nitrogens with one attached hydrogen (secondary N) is 1. The molecular weight excluding hydrogens is 222 g/mol. The van der Waals surface area contributed by atoms with Gasteiger partial charge in [0.25, 0.3) is 12.3 Å². The molecule has 0 aliphatic rings. The summed E-state index contributed by atoms with van der Waals surface area (Å²) >= 11 is 0. The molecule has 0 radical (unpaired) electrons. The first-order valence-corrected chi connectivity index (χ1v) is 4.53. The smallest absolute Gasteiger partial charge is 0.274 e. The third-order valence-electron chi connectivity index (χ3n) is 1.90. The van der Waals surface area contributed by atoms with Crippen LogP contribution in [0.4, 0.5) is 14.5 Å². The Kier molecular flexibility index (Phi) is 4.18. The number of anilines is 1. The van der Waals surface area contributed by atoms with Crippen molar-refractivity contribution in [2.24, 2.45) is 0 Å². The SMILES string of the molecule is Nc1cn[nH]c1C(=O)N(CCO)CC(F)F. The second kappa shape index (κ2) is 5.40. The third-order valence-corrected chi connectivity index (χ3v) is 1.90. The highest BCUT2D eigenvalue weighted by Gasteiger charge is 2.22. The van der Waals surface area contributed by atoms with Gasteiger partial charge in [-0.25, -0.2) is 8.78 Å². The minimum atomic E-state index is -2.67. The van der Waals surface area contributed by atoms with Crippen LogP contribution < -0.4 is 5.73 Å². The van der Waals surface area contributed by atoms with Crippen molar-refractivity contribution in [3.63, 3.8) is 0 Å². The molecule has 16 heavy (non-hydrogen) atoms. The largest absolute Gasteiger partial charge is 0.396 e. The van der Waals surface area contributed by atoms with Gasteiger partial charge in [-0.3, -0.25) is 9.89 Å². The maximum Gasteiger partial charge on any atom is 0.274 e. The van der Waals surface area contributed by atoms with Gasteiger partial charge in [0.05, 0.1) is 25.0 Å². The predicted molar refractivity (Wildman–Crippen MR) is 52.0 cm³/mol. The fraction of sp³-hybridized carbons (Fsp3) is 0.500. The van der Waals surface area contributed by atoms with E-state index in [2.05, 4.69) is 10.2 Å². The molecule has 90 valence electrons. The van der Waals surface area contributed by atoms with Crippen molar-refractivity contribution < 1.29 is 18.7 Å². The number of rotatable bonds is 5. The number of H-pyrrole nitrogens is 1. The van der Waals surface area contributed by atoms with Crippen molar-refractivity contribution in [2.75, 3.05) is 25.4 Å². The van der Waals surface area contributed by atoms with Gasteiger partial charge >= 0.3 is 0 Å². The summed E-state index contributed by atoms with van der Waals surface area (Å²) in [5, 5.41) is 14.5. The summed E-state index contributed by atoms with van der Waals surface area (Å²) in [4.78, 5) is 12.5. The molecular formula is C8H12F2N4O2. The number of aliphatic hydroxyl groups is 1. The van der Waals surface area contributed by atoms with Crippen LogP contribution in [-0.2, 0) is 0 Å². The van der Waals surface area contributed by atoms with Crippen LogP contribution in [0.15, 0.2) is 6.20 Å². The summed E-state index contributed by atoms with van der Waals surface area (Å²) in [6.45, 7) is -1.33. The van der Waals surface area contributed by atoms with Gasteiger partial charge in [0.1, 0.15) is 5.69 Å². The molecule has 1 heterocycles. The average molecular weight is 234 g/mol. The van der Waals surface area contributed by atoms with Crippen LogP contribution in [0.3, 0.4) is 0 Å². The Morgan fingerprint density at radius 1 is 1.69 bits per heavy atom. The monoisotopic (exact) mass is 234 g/mol. The fourth-order valence-corrected chi connectivity index (χ4v) is 1.19. The maximum atomic E-state index is 12.2. The number of aliphatic hydroxyl groups excluding tert-OH is 1. The number of aromatic nitrogens is 2. The van der Waals surface area contributed by atoms with E-state index in [-0.39, 0.29) is 17.9 Å². The minimum absolute atomic E-state index is 0.0471. The van der Waals surface area contributed by atoms with Crippen molar-refractivity contribution >= 4 is 11.6 Å². The van der Waals surface area contributed by atoms with E-state index in [9.17, 15) is 13.6 Å². The summed E-state index contributed by atoms with van der Waals surface area (Å²) in [5.41, 5.74) is 5.45. The van der Waals surface area contributed by atoms with E-state index in [1.165, 1.54) is 6.20 Å². The number of hydrogen-bond donors (Lipinski definition) is 3. The molecule has 0 saturated carbocycles. The number of nitrogen functional groups attached to an aromatic ring is 1. The van der Waals surface area contributed by atoms with E-state index >= 15 is 0 Å². The van der Waals surface area contributed by atoms with Gasteiger partial charge < -0.3 is 15.7 Å². The van der Waals surface area contributed by atoms with Crippen molar-refractivity contribution in [2.45, 2.75) is 6.43 Å². The molecule has 0 unspecified atom stereocenters. The van der Waals surface area contributed by atoms with E-state index in [0.29, 0.717) is 0 Å². The van der Waals surface area contributed by atoms with Crippen LogP contribution in [0.2, 0.25) is 0 Å². The van der Waals surface area contributed by atoms with Gasteiger partial charge in [0.15, 0.2) is 0 Å². The van der Waals surface area contributed by atoms with Gasteiger partial charge in [-0.2, -0.15) is 5.10 Å². The Balaban J connectivity index is 2.78. The zero-order valence-electron chi connectivity index (χ0n) is 8.36. The lowest BCUT2D eigenvalue weighted by atomic mass is 10.3. The lowest BCUT2D eigenvalue weighted by Crippen LogP contribution is -2.37. The molecule has 1 aromatic heterocycles. The molecule has 4 N–H and O–H groups in total. The van der Waals surface area contributed by atoms with Crippen molar-refractivity contribution in [3.05, 3.63) is 11.9 Å². The number of halogens is 2. The highest BCUT2D eigenvalue weighted by Crippen LogP contribution is 2.11. The number of nitrogens with two attached hydrogens (primary N) is 1. The normalized spacial score (nSPS) is 10.8. The first-order chi connectivity index (χ1) is 7.56. The molecule has 0 fully saturated rings. The summed E-state index contributed by atoms with van der Waals surface area (Å²) < 4.78 is 24.4. The Morgan fingerprint density at radius 3 is 2.81 bits per heavy atom. The van der Waals surface area contributed by atoms with Gasteiger partial charge in [-0.15, -0.1) is 0 Å². The highest BCUT2D eigenvalue weighted by atomic mass is 19.3. The molecule has 0 aliphatic heterocycles. The van der Waals surface area contributed by atoms with E-state index in [1.807, 2.05) is 0 Å². The number of aromatic amines is 1. The number of nitrogens with zero attached hydrogens (tertiary/aromatic N) is 2. The molecule has 0 spiro atoms. The van der Waals surface area contributed by atoms with Crippen LogP contribution in [-0.4, -0.2) is 52.2 Å². The summed E-state index contributed by atoms with van der Waals surface area (Å²) in [7, 11) is 0. The van der Waals surface area contributed by atoms with Crippen LogP contribution in [0, 0.1) is 0 Å². The second-order valence-electron chi connectivity index (χ2n) is 3.07. The third kappa shape index (κ3) is 2.89. The second-order valence-corrected chi connectivity index (χ2v) is 3.07. The topological polar surface area (TPSA) is 95.2 Å². The number of alkyl halides is 2. The molecule has 0 aliphatic carbocycles. The van der Waals surface area contributed by atoms with Gasteiger partial charge in [0, 0.05) is 6.54 Å². The van der Waals surface area contributed by atoms with Crippen LogP contribution in [0.5, 0.6) is 0 Å². The zero-order chi connectivity index (χ0) is 12.1. The molecule has 1 rings (SSSR count). The molecule has 0 saturated heterocycles. The van der Waals surface area contributed by atoms with Crippen LogP contribution in [0.25, 0.3) is 0 Å². The molecule has 6 nitrogen and oxygen atoms in total. The standard InChI is InChI=1S/C8H12F2N4O2/c9-6(10)4-14(1-2-15)8(16)7-5(11)3-12-13-7/h3,6,15H,1-2,4,11H2,(H,12,13). The van der Waals surface area contributed by atoms with Gasteiger partial charge in [-0.05, 0) is 0 Å². The Hall–Kier alpha value is -1.70. The fourth-order valence-electron chi connectivity index (χ4n) is 1.19. The lowest BCUT2D eigenvalue weighted by Gasteiger charge is -2.20. The average Bonchev–Trinajstić information content (AvgIpc) is 2.62. The molecule has 0 aromatic carbocycles. The predicted octanol–water partition coefficient (Wildman–Crippen LogP) is -0.308. The summed E-state index contributed by atoms with van der Waals surface area (Å²) in [5.74, 6) is -0.704. The Labute approximate surface area is 90.0 Å². The van der Waals surface area contributed by atoms with Crippen molar-refractivity contribution in [1.29, 1.82) is 0 Å². The van der Waals surface area contributed by atoms with Crippen molar-refractivity contribution in [1.82, 2.24) is 15.1 Å². The minimum Gasteiger partial charge on any atom is -0.396 e. The van der Waals surface area contributed by atoms with Crippen LogP contribution >= 0.6 is 0 Å².